The summed E-state index contributed by atoms with van der Waals surface area (Å²) in [6.07, 6.45) is 2.93. The number of nitrogens with zero attached hydrogens (tertiary/aromatic N) is 3. The van der Waals surface area contributed by atoms with Crippen LogP contribution in [0, 0.1) is 6.92 Å². The molecule has 1 atom stereocenters. The first-order valence-corrected chi connectivity index (χ1v) is 7.85. The molecule has 116 valence electrons. The van der Waals surface area contributed by atoms with Crippen LogP contribution in [-0.2, 0) is 6.42 Å². The molecule has 1 saturated heterocycles. The van der Waals surface area contributed by atoms with Gasteiger partial charge in [0.2, 0.25) is 5.89 Å². The molecule has 1 amide bonds. The van der Waals surface area contributed by atoms with Gasteiger partial charge in [-0.05, 0) is 43.9 Å². The van der Waals surface area contributed by atoms with Gasteiger partial charge in [0.25, 0.3) is 5.91 Å². The molecule has 0 bridgehead atoms. The highest BCUT2D eigenvalue weighted by molar-refractivity contribution is 5.94. The number of rotatable bonds is 3. The first-order chi connectivity index (χ1) is 10.7. The second-order valence-corrected chi connectivity index (χ2v) is 5.82. The summed E-state index contributed by atoms with van der Waals surface area (Å²) in [4.78, 5) is 18.8. The Kier molecular flexibility index (Phi) is 4.22. The molecule has 0 unspecified atom stereocenters. The van der Waals surface area contributed by atoms with E-state index >= 15 is 0 Å². The fourth-order valence-electron chi connectivity index (χ4n) is 2.91. The number of hydrogen-bond acceptors (Lipinski definition) is 4. The highest BCUT2D eigenvalue weighted by atomic mass is 16.5. The van der Waals surface area contributed by atoms with E-state index < -0.39 is 0 Å². The Bertz CT molecular complexity index is 648. The first-order valence-electron chi connectivity index (χ1n) is 7.85. The number of aromatic nitrogens is 2. The molecule has 3 rings (SSSR count). The van der Waals surface area contributed by atoms with E-state index in [0.717, 1.165) is 31.4 Å². The van der Waals surface area contributed by atoms with E-state index in [1.165, 1.54) is 5.56 Å². The van der Waals surface area contributed by atoms with Crippen molar-refractivity contribution in [3.8, 4) is 0 Å². The van der Waals surface area contributed by atoms with Crippen molar-refractivity contribution in [1.29, 1.82) is 0 Å². The Balaban J connectivity index is 1.71. The van der Waals surface area contributed by atoms with E-state index in [1.807, 2.05) is 36.1 Å². The summed E-state index contributed by atoms with van der Waals surface area (Å²) < 4.78 is 5.27. The number of piperidine rings is 1. The fourth-order valence-corrected chi connectivity index (χ4v) is 2.91. The van der Waals surface area contributed by atoms with Gasteiger partial charge in [0.05, 0.1) is 5.92 Å². The lowest BCUT2D eigenvalue weighted by molar-refractivity contribution is 0.0695. The van der Waals surface area contributed by atoms with Crippen LogP contribution in [-0.4, -0.2) is 34.0 Å². The molecular weight excluding hydrogens is 278 g/mol. The monoisotopic (exact) mass is 299 g/mol. The maximum atomic E-state index is 12.6. The van der Waals surface area contributed by atoms with Crippen LogP contribution in [0.2, 0.25) is 0 Å². The number of benzene rings is 1. The molecule has 1 aromatic heterocycles. The Hall–Kier alpha value is -2.17. The van der Waals surface area contributed by atoms with Crippen LogP contribution >= 0.6 is 0 Å². The van der Waals surface area contributed by atoms with Crippen LogP contribution in [0.3, 0.4) is 0 Å². The number of carbonyl (C=O) groups excluding carboxylic acids is 1. The molecule has 1 aliphatic rings. The van der Waals surface area contributed by atoms with E-state index in [0.29, 0.717) is 18.3 Å². The van der Waals surface area contributed by atoms with E-state index in [1.54, 1.807) is 0 Å². The third kappa shape index (κ3) is 3.03. The lowest BCUT2D eigenvalue weighted by Gasteiger charge is -2.31. The summed E-state index contributed by atoms with van der Waals surface area (Å²) in [5, 5.41) is 3.85. The molecule has 22 heavy (non-hydrogen) atoms. The van der Waals surface area contributed by atoms with E-state index in [2.05, 4.69) is 17.1 Å². The maximum Gasteiger partial charge on any atom is 0.253 e. The lowest BCUT2D eigenvalue weighted by Crippen LogP contribution is -2.39. The number of likely N-dealkylation sites (tertiary alicyclic amines) is 1. The Morgan fingerprint density at radius 1 is 1.36 bits per heavy atom. The minimum absolute atomic E-state index is 0.0867. The molecule has 0 radical (unpaired) electrons. The van der Waals surface area contributed by atoms with Gasteiger partial charge in [0.15, 0.2) is 5.82 Å². The van der Waals surface area contributed by atoms with Crippen LogP contribution < -0.4 is 0 Å². The van der Waals surface area contributed by atoms with Gasteiger partial charge in [-0.1, -0.05) is 24.2 Å². The predicted molar refractivity (Wildman–Crippen MR) is 82.7 cm³/mol. The summed E-state index contributed by atoms with van der Waals surface area (Å²) in [6.45, 7) is 5.36. The normalized spacial score (nSPS) is 18.5. The van der Waals surface area contributed by atoms with Gasteiger partial charge in [-0.2, -0.15) is 4.98 Å². The van der Waals surface area contributed by atoms with Crippen molar-refractivity contribution >= 4 is 5.91 Å². The van der Waals surface area contributed by atoms with Gasteiger partial charge in [0, 0.05) is 18.7 Å². The quantitative estimate of drug-likeness (QED) is 0.874. The first kappa shape index (κ1) is 14.8. The zero-order chi connectivity index (χ0) is 15.5. The molecule has 2 aromatic rings. The fraction of sp³-hybridized carbons (Fsp3) is 0.471. The maximum absolute atomic E-state index is 12.6. The van der Waals surface area contributed by atoms with Crippen molar-refractivity contribution in [2.24, 2.45) is 0 Å². The van der Waals surface area contributed by atoms with Crippen molar-refractivity contribution < 1.29 is 9.32 Å². The summed E-state index contributed by atoms with van der Waals surface area (Å²) >= 11 is 0. The van der Waals surface area contributed by atoms with Gasteiger partial charge in [0.1, 0.15) is 0 Å². The van der Waals surface area contributed by atoms with Gasteiger partial charge < -0.3 is 9.42 Å². The van der Waals surface area contributed by atoms with Crippen LogP contribution in [0.15, 0.2) is 28.8 Å². The molecule has 0 saturated carbocycles. The molecule has 0 N–H and O–H groups in total. The van der Waals surface area contributed by atoms with Crippen molar-refractivity contribution in [3.05, 3.63) is 47.1 Å². The minimum atomic E-state index is 0.0867. The SMILES string of the molecule is CCc1ccc(C(=O)N2CCC[C@@H](c3nc(C)no3)C2)cc1. The molecular formula is C17H21N3O2. The van der Waals surface area contributed by atoms with Crippen molar-refractivity contribution in [1.82, 2.24) is 15.0 Å². The van der Waals surface area contributed by atoms with Crippen molar-refractivity contribution in [2.45, 2.75) is 39.0 Å². The second-order valence-electron chi connectivity index (χ2n) is 5.82. The second kappa shape index (κ2) is 6.30. The highest BCUT2D eigenvalue weighted by Gasteiger charge is 2.28. The van der Waals surface area contributed by atoms with E-state index in [9.17, 15) is 4.79 Å². The summed E-state index contributed by atoms with van der Waals surface area (Å²) in [5.41, 5.74) is 1.99. The van der Waals surface area contributed by atoms with Gasteiger partial charge in [-0.3, -0.25) is 4.79 Å². The van der Waals surface area contributed by atoms with Crippen molar-refractivity contribution in [3.63, 3.8) is 0 Å². The zero-order valence-electron chi connectivity index (χ0n) is 13.1. The summed E-state index contributed by atoms with van der Waals surface area (Å²) in [6, 6.07) is 7.88. The van der Waals surface area contributed by atoms with Gasteiger partial charge >= 0.3 is 0 Å². The lowest BCUT2D eigenvalue weighted by atomic mass is 9.97. The van der Waals surface area contributed by atoms with Gasteiger partial charge in [-0.25, -0.2) is 0 Å². The Labute approximate surface area is 130 Å². The molecule has 2 heterocycles. The third-order valence-corrected chi connectivity index (χ3v) is 4.21. The summed E-state index contributed by atoms with van der Waals surface area (Å²) in [5.74, 6) is 1.53. The third-order valence-electron chi connectivity index (χ3n) is 4.21. The minimum Gasteiger partial charge on any atom is -0.339 e. The standard InChI is InChI=1S/C17H21N3O2/c1-3-13-6-8-14(9-7-13)17(21)20-10-4-5-15(11-20)16-18-12(2)19-22-16/h6-9,15H,3-5,10-11H2,1-2H3/t15-/m1/s1. The van der Waals surface area contributed by atoms with Gasteiger partial charge in [-0.15, -0.1) is 0 Å². The number of amides is 1. The summed E-state index contributed by atoms with van der Waals surface area (Å²) in [7, 11) is 0. The molecule has 1 aliphatic heterocycles. The average molecular weight is 299 g/mol. The topological polar surface area (TPSA) is 59.2 Å². The number of aryl methyl sites for hydroxylation is 2. The molecule has 5 heteroatoms. The number of hydrogen-bond donors (Lipinski definition) is 0. The van der Waals surface area contributed by atoms with Crippen LogP contribution in [0.4, 0.5) is 0 Å². The molecule has 0 aliphatic carbocycles. The zero-order valence-corrected chi connectivity index (χ0v) is 13.1. The molecule has 1 aromatic carbocycles. The largest absolute Gasteiger partial charge is 0.339 e. The average Bonchev–Trinajstić information content (AvgIpc) is 3.01. The molecule has 5 nitrogen and oxygen atoms in total. The Morgan fingerprint density at radius 2 is 2.14 bits per heavy atom. The predicted octanol–water partition coefficient (Wildman–Crippen LogP) is 2.96. The van der Waals surface area contributed by atoms with Crippen LogP contribution in [0.25, 0.3) is 0 Å². The van der Waals surface area contributed by atoms with E-state index in [4.69, 9.17) is 4.52 Å². The Morgan fingerprint density at radius 3 is 2.77 bits per heavy atom. The molecule has 0 spiro atoms. The van der Waals surface area contributed by atoms with Crippen LogP contribution in [0.5, 0.6) is 0 Å². The van der Waals surface area contributed by atoms with E-state index in [-0.39, 0.29) is 11.8 Å². The highest BCUT2D eigenvalue weighted by Crippen LogP contribution is 2.26. The van der Waals surface area contributed by atoms with Crippen LogP contribution in [0.1, 0.15) is 53.3 Å². The number of carbonyl (C=O) groups is 1. The molecule has 1 fully saturated rings. The smallest absolute Gasteiger partial charge is 0.253 e. The van der Waals surface area contributed by atoms with Crippen molar-refractivity contribution in [2.75, 3.05) is 13.1 Å².